The fourth-order valence-corrected chi connectivity index (χ4v) is 2.04. The maximum Gasteiger partial charge on any atom is 0.336 e. The fraction of sp³-hybridized carbons (Fsp3) is 0. The molecule has 104 valence electrons. The van der Waals surface area contributed by atoms with Crippen molar-refractivity contribution in [3.63, 3.8) is 0 Å². The number of hydrogen-bond acceptors (Lipinski definition) is 4. The van der Waals surface area contributed by atoms with Crippen molar-refractivity contribution in [3.8, 4) is 5.82 Å². The minimum Gasteiger partial charge on any atom is -0.478 e. The van der Waals surface area contributed by atoms with Gasteiger partial charge in [-0.05, 0) is 18.2 Å². The number of amides is 1. The van der Waals surface area contributed by atoms with Gasteiger partial charge in [0.1, 0.15) is 5.69 Å². The van der Waals surface area contributed by atoms with Crippen LogP contribution in [0.15, 0.2) is 42.6 Å². The van der Waals surface area contributed by atoms with Gasteiger partial charge >= 0.3 is 5.97 Å². The van der Waals surface area contributed by atoms with E-state index in [1.807, 2.05) is 0 Å². The van der Waals surface area contributed by atoms with Crippen molar-refractivity contribution in [2.75, 3.05) is 0 Å². The number of carboxylic acids is 1. The van der Waals surface area contributed by atoms with Crippen molar-refractivity contribution in [2.45, 2.75) is 0 Å². The number of carbonyl (C=O) groups excluding carboxylic acids is 1. The van der Waals surface area contributed by atoms with E-state index in [1.165, 1.54) is 23.0 Å². The molecule has 0 spiro atoms. The SMILES string of the molecule is NC(=O)c1ccn(-c2cc(C(=O)O)c3ccccc3n2)n1. The first kappa shape index (κ1) is 12.8. The number of aromatic carboxylic acids is 1. The van der Waals surface area contributed by atoms with Gasteiger partial charge in [-0.1, -0.05) is 18.2 Å². The van der Waals surface area contributed by atoms with Gasteiger partial charge in [0.05, 0.1) is 11.1 Å². The van der Waals surface area contributed by atoms with E-state index in [1.54, 1.807) is 24.3 Å². The topological polar surface area (TPSA) is 111 Å². The zero-order chi connectivity index (χ0) is 15.0. The van der Waals surface area contributed by atoms with Crippen LogP contribution < -0.4 is 5.73 Å². The Morgan fingerprint density at radius 2 is 1.95 bits per heavy atom. The number of carbonyl (C=O) groups is 2. The molecule has 0 unspecified atom stereocenters. The summed E-state index contributed by atoms with van der Waals surface area (Å²) in [6, 6.07) is 9.76. The first-order valence-electron chi connectivity index (χ1n) is 6.05. The Morgan fingerprint density at radius 3 is 2.62 bits per heavy atom. The van der Waals surface area contributed by atoms with Gasteiger partial charge in [-0.25, -0.2) is 14.5 Å². The second kappa shape index (κ2) is 4.71. The number of carboxylic acid groups (broad SMARTS) is 1. The number of hydrogen-bond donors (Lipinski definition) is 2. The molecule has 2 aromatic heterocycles. The number of pyridine rings is 1. The van der Waals surface area contributed by atoms with Crippen LogP contribution in [0.5, 0.6) is 0 Å². The molecule has 21 heavy (non-hydrogen) atoms. The third-order valence-electron chi connectivity index (χ3n) is 3.01. The Bertz CT molecular complexity index is 870. The Kier molecular flexibility index (Phi) is 2.87. The van der Waals surface area contributed by atoms with Crippen LogP contribution in [0.4, 0.5) is 0 Å². The summed E-state index contributed by atoms with van der Waals surface area (Å²) < 4.78 is 1.32. The molecule has 0 atom stereocenters. The van der Waals surface area contributed by atoms with Crippen molar-refractivity contribution in [1.29, 1.82) is 0 Å². The Balaban J connectivity index is 2.23. The highest BCUT2D eigenvalue weighted by Crippen LogP contribution is 2.20. The van der Waals surface area contributed by atoms with E-state index in [0.29, 0.717) is 16.7 Å². The highest BCUT2D eigenvalue weighted by Gasteiger charge is 2.14. The molecule has 2 heterocycles. The van der Waals surface area contributed by atoms with E-state index in [4.69, 9.17) is 5.73 Å². The number of nitrogens with zero attached hydrogens (tertiary/aromatic N) is 3. The largest absolute Gasteiger partial charge is 0.478 e. The van der Waals surface area contributed by atoms with Crippen LogP contribution in [0.2, 0.25) is 0 Å². The van der Waals surface area contributed by atoms with Gasteiger partial charge in [0.15, 0.2) is 5.82 Å². The molecule has 0 saturated heterocycles. The van der Waals surface area contributed by atoms with E-state index < -0.39 is 11.9 Å². The molecule has 3 rings (SSSR count). The second-order valence-corrected chi connectivity index (χ2v) is 4.36. The molecular formula is C14H10N4O3. The predicted molar refractivity (Wildman–Crippen MR) is 74.3 cm³/mol. The third kappa shape index (κ3) is 2.20. The summed E-state index contributed by atoms with van der Waals surface area (Å²) in [5, 5.41) is 13.8. The van der Waals surface area contributed by atoms with Gasteiger partial charge in [-0.3, -0.25) is 4.79 Å². The van der Waals surface area contributed by atoms with Crippen molar-refractivity contribution in [3.05, 3.63) is 53.9 Å². The maximum absolute atomic E-state index is 11.4. The summed E-state index contributed by atoms with van der Waals surface area (Å²) >= 11 is 0. The first-order chi connectivity index (χ1) is 10.1. The van der Waals surface area contributed by atoms with Crippen LogP contribution in [0.3, 0.4) is 0 Å². The number of benzene rings is 1. The molecule has 0 bridgehead atoms. The van der Waals surface area contributed by atoms with Gasteiger partial charge < -0.3 is 10.8 Å². The molecule has 0 aliphatic rings. The molecule has 7 heteroatoms. The highest BCUT2D eigenvalue weighted by atomic mass is 16.4. The lowest BCUT2D eigenvalue weighted by Crippen LogP contribution is -2.12. The summed E-state index contributed by atoms with van der Waals surface area (Å²) in [7, 11) is 0. The van der Waals surface area contributed by atoms with Gasteiger partial charge in [-0.2, -0.15) is 5.10 Å². The van der Waals surface area contributed by atoms with Crippen LogP contribution in [0.1, 0.15) is 20.8 Å². The Morgan fingerprint density at radius 1 is 1.19 bits per heavy atom. The Hall–Kier alpha value is -3.22. The first-order valence-corrected chi connectivity index (χ1v) is 6.05. The summed E-state index contributed by atoms with van der Waals surface area (Å²) in [5.74, 6) is -1.41. The van der Waals surface area contributed by atoms with E-state index in [-0.39, 0.29) is 11.3 Å². The van der Waals surface area contributed by atoms with Crippen molar-refractivity contribution in [1.82, 2.24) is 14.8 Å². The van der Waals surface area contributed by atoms with E-state index in [9.17, 15) is 14.7 Å². The van der Waals surface area contributed by atoms with Crippen LogP contribution in [-0.4, -0.2) is 31.7 Å². The Labute approximate surface area is 118 Å². The molecule has 3 N–H and O–H groups in total. The molecule has 0 aliphatic heterocycles. The molecular weight excluding hydrogens is 272 g/mol. The summed E-state index contributed by atoms with van der Waals surface area (Å²) in [6.07, 6.45) is 1.50. The van der Waals surface area contributed by atoms with Crippen LogP contribution in [-0.2, 0) is 0 Å². The quantitative estimate of drug-likeness (QED) is 0.750. The lowest BCUT2D eigenvalue weighted by Gasteiger charge is -2.06. The molecule has 0 radical (unpaired) electrons. The molecule has 0 saturated carbocycles. The average molecular weight is 282 g/mol. The summed E-state index contributed by atoms with van der Waals surface area (Å²) in [5.41, 5.74) is 5.88. The normalized spacial score (nSPS) is 10.7. The van der Waals surface area contributed by atoms with Crippen molar-refractivity contribution < 1.29 is 14.7 Å². The van der Waals surface area contributed by atoms with Crippen LogP contribution >= 0.6 is 0 Å². The monoisotopic (exact) mass is 282 g/mol. The van der Waals surface area contributed by atoms with Crippen molar-refractivity contribution in [2.24, 2.45) is 5.73 Å². The lowest BCUT2D eigenvalue weighted by atomic mass is 10.1. The number of primary amides is 1. The highest BCUT2D eigenvalue weighted by molar-refractivity contribution is 6.03. The molecule has 0 fully saturated rings. The molecule has 0 aliphatic carbocycles. The fourth-order valence-electron chi connectivity index (χ4n) is 2.04. The molecule has 3 aromatic rings. The van der Waals surface area contributed by atoms with Crippen molar-refractivity contribution >= 4 is 22.8 Å². The van der Waals surface area contributed by atoms with E-state index in [2.05, 4.69) is 10.1 Å². The van der Waals surface area contributed by atoms with Gasteiger partial charge in [-0.15, -0.1) is 0 Å². The number of rotatable bonds is 3. The minimum absolute atomic E-state index is 0.0850. The van der Waals surface area contributed by atoms with Crippen LogP contribution in [0, 0.1) is 0 Å². The number of para-hydroxylation sites is 1. The smallest absolute Gasteiger partial charge is 0.336 e. The molecule has 1 aromatic carbocycles. The van der Waals surface area contributed by atoms with Gasteiger partial charge in [0, 0.05) is 11.6 Å². The molecule has 1 amide bonds. The minimum atomic E-state index is -1.06. The lowest BCUT2D eigenvalue weighted by molar-refractivity contribution is 0.0698. The van der Waals surface area contributed by atoms with Crippen LogP contribution in [0.25, 0.3) is 16.7 Å². The number of aromatic nitrogens is 3. The summed E-state index contributed by atoms with van der Waals surface area (Å²) in [6.45, 7) is 0. The summed E-state index contributed by atoms with van der Waals surface area (Å²) in [4.78, 5) is 26.8. The average Bonchev–Trinajstić information content (AvgIpc) is 2.96. The van der Waals surface area contributed by atoms with E-state index in [0.717, 1.165) is 0 Å². The number of fused-ring (bicyclic) bond motifs is 1. The van der Waals surface area contributed by atoms with Gasteiger partial charge in [0.25, 0.3) is 5.91 Å². The predicted octanol–water partition coefficient (Wildman–Crippen LogP) is 1.22. The number of nitrogens with two attached hydrogens (primary N) is 1. The maximum atomic E-state index is 11.4. The van der Waals surface area contributed by atoms with Gasteiger partial charge in [0.2, 0.25) is 0 Å². The second-order valence-electron chi connectivity index (χ2n) is 4.36. The molecule has 7 nitrogen and oxygen atoms in total. The standard InChI is InChI=1S/C14H10N4O3/c15-13(19)11-5-6-18(17-11)12-7-9(14(20)21)8-3-1-2-4-10(8)16-12/h1-7H,(H2,15,19)(H,20,21). The zero-order valence-electron chi connectivity index (χ0n) is 10.7. The van der Waals surface area contributed by atoms with E-state index >= 15 is 0 Å². The zero-order valence-corrected chi connectivity index (χ0v) is 10.7. The third-order valence-corrected chi connectivity index (χ3v) is 3.01.